The van der Waals surface area contributed by atoms with Gasteiger partial charge in [-0.1, -0.05) is 95.6 Å². The minimum atomic E-state index is -0.354. The Balaban J connectivity index is 1.30. The van der Waals surface area contributed by atoms with Gasteiger partial charge < -0.3 is 9.42 Å². The van der Waals surface area contributed by atoms with Crippen molar-refractivity contribution >= 4 is 5.91 Å². The predicted molar refractivity (Wildman–Crippen MR) is 136 cm³/mol. The summed E-state index contributed by atoms with van der Waals surface area (Å²) in [5, 5.41) is 4.45. The van der Waals surface area contributed by atoms with Crippen molar-refractivity contribution in [3.05, 3.63) is 119 Å². The average molecular weight is 466 g/mol. The minimum Gasteiger partial charge on any atom is -0.343 e. The lowest BCUT2D eigenvalue weighted by Gasteiger charge is -2.40. The Kier molecular flexibility index (Phi) is 6.75. The highest BCUT2D eigenvalue weighted by Gasteiger charge is 2.42. The summed E-state index contributed by atoms with van der Waals surface area (Å²) < 4.78 is 5.70. The smallest absolute Gasteiger partial charge is 0.231 e. The molecule has 3 aromatic carbocycles. The van der Waals surface area contributed by atoms with E-state index >= 15 is 0 Å². The van der Waals surface area contributed by atoms with Gasteiger partial charge in [-0.15, -0.1) is 0 Å². The Morgan fingerprint density at radius 3 is 2.23 bits per heavy atom. The van der Waals surface area contributed by atoms with Gasteiger partial charge in [0.2, 0.25) is 11.8 Å². The van der Waals surface area contributed by atoms with E-state index in [2.05, 4.69) is 72.7 Å². The highest BCUT2D eigenvalue weighted by atomic mass is 16.5. The van der Waals surface area contributed by atoms with Crippen LogP contribution < -0.4 is 0 Å². The van der Waals surface area contributed by atoms with Crippen LogP contribution in [0.15, 0.2) is 89.5 Å². The lowest BCUT2D eigenvalue weighted by atomic mass is 9.72. The number of hydrogen-bond donors (Lipinski definition) is 0. The summed E-state index contributed by atoms with van der Waals surface area (Å²) in [6, 6.07) is 29.0. The zero-order valence-corrected chi connectivity index (χ0v) is 20.2. The molecule has 4 aromatic rings. The molecule has 0 atom stereocenters. The molecule has 0 aliphatic carbocycles. The van der Waals surface area contributed by atoms with E-state index in [4.69, 9.17) is 9.51 Å². The third-order valence-corrected chi connectivity index (χ3v) is 7.14. The van der Waals surface area contributed by atoms with Gasteiger partial charge in [0.25, 0.3) is 0 Å². The maximum atomic E-state index is 13.0. The fourth-order valence-corrected chi connectivity index (χ4v) is 4.99. The first-order chi connectivity index (χ1) is 17.1. The lowest BCUT2D eigenvalue weighted by Crippen LogP contribution is -2.46. The monoisotopic (exact) mass is 465 g/mol. The molecule has 1 saturated heterocycles. The molecule has 1 aliphatic heterocycles. The van der Waals surface area contributed by atoms with Crippen molar-refractivity contribution in [1.82, 2.24) is 15.0 Å². The Morgan fingerprint density at radius 1 is 0.886 bits per heavy atom. The van der Waals surface area contributed by atoms with Crippen molar-refractivity contribution in [1.29, 1.82) is 0 Å². The number of aromatic nitrogens is 2. The SMILES string of the molecule is Cc1ccc(CCC(=O)N2CCC(c3ccccc3)(c3noc(Cc4ccccc4)n3)CC2)cc1. The fourth-order valence-electron chi connectivity index (χ4n) is 4.99. The molecular formula is C30H31N3O2. The van der Waals surface area contributed by atoms with Gasteiger partial charge in [0, 0.05) is 19.5 Å². The highest BCUT2D eigenvalue weighted by Crippen LogP contribution is 2.40. The second kappa shape index (κ2) is 10.3. The maximum absolute atomic E-state index is 13.0. The number of benzene rings is 3. The summed E-state index contributed by atoms with van der Waals surface area (Å²) in [4.78, 5) is 19.9. The van der Waals surface area contributed by atoms with Crippen molar-refractivity contribution in [3.8, 4) is 0 Å². The molecule has 35 heavy (non-hydrogen) atoms. The molecule has 1 aromatic heterocycles. The third-order valence-electron chi connectivity index (χ3n) is 7.14. The summed E-state index contributed by atoms with van der Waals surface area (Å²) in [5.74, 6) is 1.56. The number of carbonyl (C=O) groups is 1. The molecule has 0 spiro atoms. The first-order valence-electron chi connectivity index (χ1n) is 12.4. The summed E-state index contributed by atoms with van der Waals surface area (Å²) in [6.07, 6.45) is 3.47. The molecule has 0 radical (unpaired) electrons. The molecule has 0 N–H and O–H groups in total. The quantitative estimate of drug-likeness (QED) is 0.361. The largest absolute Gasteiger partial charge is 0.343 e. The minimum absolute atomic E-state index is 0.213. The summed E-state index contributed by atoms with van der Waals surface area (Å²) >= 11 is 0. The number of rotatable bonds is 7. The Hall–Kier alpha value is -3.73. The Labute approximate surface area is 206 Å². The van der Waals surface area contributed by atoms with Crippen molar-refractivity contribution in [3.63, 3.8) is 0 Å². The molecule has 0 bridgehead atoms. The van der Waals surface area contributed by atoms with Gasteiger partial charge in [0.05, 0.1) is 11.8 Å². The zero-order chi connectivity index (χ0) is 24.1. The lowest BCUT2D eigenvalue weighted by molar-refractivity contribution is -0.132. The molecule has 1 aliphatic rings. The van der Waals surface area contributed by atoms with E-state index < -0.39 is 0 Å². The molecule has 0 saturated carbocycles. The number of hydrogen-bond acceptors (Lipinski definition) is 4. The van der Waals surface area contributed by atoms with Crippen LogP contribution in [-0.4, -0.2) is 34.0 Å². The van der Waals surface area contributed by atoms with E-state index in [0.29, 0.717) is 31.8 Å². The van der Waals surface area contributed by atoms with Gasteiger partial charge in [0.15, 0.2) is 5.82 Å². The van der Waals surface area contributed by atoms with Crippen molar-refractivity contribution in [2.45, 2.75) is 44.4 Å². The van der Waals surface area contributed by atoms with E-state index in [0.717, 1.165) is 30.7 Å². The number of nitrogens with zero attached hydrogens (tertiary/aromatic N) is 3. The second-order valence-electron chi connectivity index (χ2n) is 9.49. The third kappa shape index (κ3) is 5.19. The Bertz CT molecular complexity index is 1240. The molecule has 5 heteroatoms. The number of carbonyl (C=O) groups excluding carboxylic acids is 1. The van der Waals surface area contributed by atoms with Gasteiger partial charge in [-0.3, -0.25) is 4.79 Å². The van der Waals surface area contributed by atoms with Gasteiger partial charge in [0.1, 0.15) is 0 Å². The van der Waals surface area contributed by atoms with Crippen molar-refractivity contribution < 1.29 is 9.32 Å². The molecule has 0 unspecified atom stereocenters. The average Bonchev–Trinajstić information content (AvgIpc) is 3.38. The van der Waals surface area contributed by atoms with E-state index in [1.807, 2.05) is 29.2 Å². The van der Waals surface area contributed by atoms with Crippen molar-refractivity contribution in [2.24, 2.45) is 0 Å². The van der Waals surface area contributed by atoms with E-state index in [1.54, 1.807) is 0 Å². The highest BCUT2D eigenvalue weighted by molar-refractivity contribution is 5.76. The number of likely N-dealkylation sites (tertiary alicyclic amines) is 1. The number of aryl methyl sites for hydroxylation is 2. The molecule has 5 nitrogen and oxygen atoms in total. The molecule has 5 rings (SSSR count). The van der Waals surface area contributed by atoms with Crippen LogP contribution in [0.3, 0.4) is 0 Å². The van der Waals surface area contributed by atoms with Gasteiger partial charge in [-0.05, 0) is 42.9 Å². The van der Waals surface area contributed by atoms with Crippen LogP contribution in [0.25, 0.3) is 0 Å². The predicted octanol–water partition coefficient (Wildman–Crippen LogP) is 5.51. The summed E-state index contributed by atoms with van der Waals surface area (Å²) in [6.45, 7) is 3.45. The standard InChI is InChI=1S/C30H31N3O2/c1-23-12-14-24(15-13-23)16-17-28(34)33-20-18-30(19-21-33,26-10-6-3-7-11-26)29-31-27(35-32-29)22-25-8-4-2-5-9-25/h2-15H,16-22H2,1H3. The molecule has 178 valence electrons. The van der Waals surface area contributed by atoms with Crippen LogP contribution in [-0.2, 0) is 23.1 Å². The Morgan fingerprint density at radius 2 is 1.54 bits per heavy atom. The maximum Gasteiger partial charge on any atom is 0.231 e. The van der Waals surface area contributed by atoms with E-state index in [9.17, 15) is 4.79 Å². The molecular weight excluding hydrogens is 434 g/mol. The van der Waals surface area contributed by atoms with Crippen LogP contribution in [0, 0.1) is 6.92 Å². The summed E-state index contributed by atoms with van der Waals surface area (Å²) in [5.41, 5.74) is 4.41. The zero-order valence-electron chi connectivity index (χ0n) is 20.2. The second-order valence-corrected chi connectivity index (χ2v) is 9.49. The van der Waals surface area contributed by atoms with Gasteiger partial charge in [-0.2, -0.15) is 4.98 Å². The molecule has 1 fully saturated rings. The first kappa shape index (κ1) is 23.0. The summed E-state index contributed by atoms with van der Waals surface area (Å²) in [7, 11) is 0. The number of piperidine rings is 1. The normalized spacial score (nSPS) is 15.2. The van der Waals surface area contributed by atoms with Crippen LogP contribution >= 0.6 is 0 Å². The van der Waals surface area contributed by atoms with Crippen LogP contribution in [0.4, 0.5) is 0 Å². The molecule has 1 amide bonds. The van der Waals surface area contributed by atoms with Crippen LogP contribution in [0.2, 0.25) is 0 Å². The van der Waals surface area contributed by atoms with Gasteiger partial charge in [-0.25, -0.2) is 0 Å². The topological polar surface area (TPSA) is 59.2 Å². The molecule has 2 heterocycles. The van der Waals surface area contributed by atoms with Crippen LogP contribution in [0.1, 0.15) is 53.2 Å². The van der Waals surface area contributed by atoms with Gasteiger partial charge >= 0.3 is 0 Å². The number of amides is 1. The van der Waals surface area contributed by atoms with Crippen molar-refractivity contribution in [2.75, 3.05) is 13.1 Å². The van der Waals surface area contributed by atoms with E-state index in [-0.39, 0.29) is 11.3 Å². The van der Waals surface area contributed by atoms with Crippen LogP contribution in [0.5, 0.6) is 0 Å². The fraction of sp³-hybridized carbons (Fsp3) is 0.300. The first-order valence-corrected chi connectivity index (χ1v) is 12.4. The van der Waals surface area contributed by atoms with E-state index in [1.165, 1.54) is 16.7 Å².